The Morgan fingerprint density at radius 2 is 2.16 bits per heavy atom. The fourth-order valence-electron chi connectivity index (χ4n) is 3.19. The third-order valence-corrected chi connectivity index (χ3v) is 5.27. The van der Waals surface area contributed by atoms with E-state index in [1.54, 1.807) is 11.9 Å². The molecule has 1 amide bonds. The zero-order valence-electron chi connectivity index (χ0n) is 15.3. The van der Waals surface area contributed by atoms with Gasteiger partial charge in [0.25, 0.3) is 0 Å². The maximum absolute atomic E-state index is 12.5. The topological polar surface area (TPSA) is 82.9 Å². The van der Waals surface area contributed by atoms with Crippen LogP contribution in [-0.4, -0.2) is 63.1 Å². The van der Waals surface area contributed by atoms with Gasteiger partial charge in [-0.25, -0.2) is 13.1 Å². The maximum atomic E-state index is 12.5. The van der Waals surface area contributed by atoms with Crippen LogP contribution in [0.25, 0.3) is 0 Å². The standard InChI is InChI=1S/C17H29N3O4S/c1-14-7-8-16(24-14)12-19(2)17(21)13-20-11-5-4-6-15(20)9-10-18-25(3,22)23/h7-8,15,18H,4-6,9-13H2,1-3H3. The molecule has 0 aliphatic carbocycles. The van der Waals surface area contributed by atoms with Gasteiger partial charge in [0.1, 0.15) is 11.5 Å². The zero-order valence-corrected chi connectivity index (χ0v) is 16.1. The van der Waals surface area contributed by atoms with Gasteiger partial charge in [-0.05, 0) is 44.9 Å². The lowest BCUT2D eigenvalue weighted by Gasteiger charge is -2.36. The van der Waals surface area contributed by atoms with E-state index in [-0.39, 0.29) is 11.9 Å². The summed E-state index contributed by atoms with van der Waals surface area (Å²) in [5.41, 5.74) is 0. The Hall–Kier alpha value is -1.38. The molecule has 25 heavy (non-hydrogen) atoms. The molecule has 1 atom stereocenters. The minimum absolute atomic E-state index is 0.0528. The first-order chi connectivity index (χ1) is 11.7. The summed E-state index contributed by atoms with van der Waals surface area (Å²) >= 11 is 0. The Balaban J connectivity index is 1.85. The molecule has 1 unspecified atom stereocenters. The van der Waals surface area contributed by atoms with Crippen LogP contribution in [0.4, 0.5) is 0 Å². The fourth-order valence-corrected chi connectivity index (χ4v) is 3.68. The first-order valence-corrected chi connectivity index (χ1v) is 10.6. The number of hydrogen-bond donors (Lipinski definition) is 1. The van der Waals surface area contributed by atoms with Gasteiger partial charge in [-0.15, -0.1) is 0 Å². The van der Waals surface area contributed by atoms with Crippen LogP contribution >= 0.6 is 0 Å². The summed E-state index contributed by atoms with van der Waals surface area (Å²) in [6.07, 6.45) is 5.09. The largest absolute Gasteiger partial charge is 0.464 e. The molecular weight excluding hydrogens is 342 g/mol. The lowest BCUT2D eigenvalue weighted by Crippen LogP contribution is -2.46. The number of rotatable bonds is 8. The lowest BCUT2D eigenvalue weighted by atomic mass is 9.99. The summed E-state index contributed by atoms with van der Waals surface area (Å²) in [5.74, 6) is 1.67. The molecule has 142 valence electrons. The van der Waals surface area contributed by atoms with Crippen LogP contribution in [0, 0.1) is 6.92 Å². The van der Waals surface area contributed by atoms with Crippen molar-refractivity contribution in [3.8, 4) is 0 Å². The quantitative estimate of drug-likeness (QED) is 0.746. The number of furan rings is 1. The monoisotopic (exact) mass is 371 g/mol. The average Bonchev–Trinajstić information content (AvgIpc) is 2.92. The minimum Gasteiger partial charge on any atom is -0.464 e. The van der Waals surface area contributed by atoms with E-state index in [2.05, 4.69) is 9.62 Å². The molecule has 1 aliphatic heterocycles. The number of likely N-dealkylation sites (tertiary alicyclic amines) is 1. The Morgan fingerprint density at radius 3 is 2.80 bits per heavy atom. The van der Waals surface area contributed by atoms with Crippen LogP contribution in [0.5, 0.6) is 0 Å². The number of amides is 1. The molecule has 0 saturated carbocycles. The molecule has 1 fully saturated rings. The van der Waals surface area contributed by atoms with E-state index in [0.717, 1.165) is 43.7 Å². The van der Waals surface area contributed by atoms with Gasteiger partial charge >= 0.3 is 0 Å². The normalized spacial score (nSPS) is 19.1. The maximum Gasteiger partial charge on any atom is 0.236 e. The fraction of sp³-hybridized carbons (Fsp3) is 0.706. The van der Waals surface area contributed by atoms with Crippen LogP contribution in [-0.2, 0) is 21.4 Å². The summed E-state index contributed by atoms with van der Waals surface area (Å²) in [4.78, 5) is 16.4. The molecule has 1 aromatic heterocycles. The zero-order chi connectivity index (χ0) is 18.4. The number of hydrogen-bond acceptors (Lipinski definition) is 5. The molecular formula is C17H29N3O4S. The Morgan fingerprint density at radius 1 is 1.40 bits per heavy atom. The van der Waals surface area contributed by atoms with E-state index in [4.69, 9.17) is 4.42 Å². The second-order valence-electron chi connectivity index (χ2n) is 6.84. The number of piperidine rings is 1. The Bertz CT molecular complexity index is 671. The number of nitrogens with one attached hydrogen (secondary N) is 1. The van der Waals surface area contributed by atoms with Crippen molar-refractivity contribution in [1.29, 1.82) is 0 Å². The smallest absolute Gasteiger partial charge is 0.236 e. The van der Waals surface area contributed by atoms with Crippen LogP contribution < -0.4 is 4.72 Å². The second-order valence-corrected chi connectivity index (χ2v) is 8.67. The van der Waals surface area contributed by atoms with Gasteiger partial charge in [0, 0.05) is 19.6 Å². The SMILES string of the molecule is Cc1ccc(CN(C)C(=O)CN2CCCCC2CCNS(C)(=O)=O)o1. The van der Waals surface area contributed by atoms with Crippen LogP contribution in [0.2, 0.25) is 0 Å². The highest BCUT2D eigenvalue weighted by Crippen LogP contribution is 2.19. The van der Waals surface area contributed by atoms with Gasteiger partial charge in [-0.2, -0.15) is 0 Å². The van der Waals surface area contributed by atoms with Crippen molar-refractivity contribution in [2.75, 3.05) is 32.9 Å². The van der Waals surface area contributed by atoms with Crippen molar-refractivity contribution in [3.05, 3.63) is 23.7 Å². The molecule has 0 bridgehead atoms. The van der Waals surface area contributed by atoms with E-state index in [1.165, 1.54) is 6.26 Å². The number of carbonyl (C=O) groups excluding carboxylic acids is 1. The van der Waals surface area contributed by atoms with Crippen molar-refractivity contribution >= 4 is 15.9 Å². The molecule has 7 nitrogen and oxygen atoms in total. The Kier molecular flexibility index (Phi) is 7.04. The van der Waals surface area contributed by atoms with Crippen molar-refractivity contribution in [3.63, 3.8) is 0 Å². The van der Waals surface area contributed by atoms with Gasteiger partial charge in [0.15, 0.2) is 0 Å². The van der Waals surface area contributed by atoms with E-state index in [0.29, 0.717) is 19.6 Å². The van der Waals surface area contributed by atoms with Crippen LogP contribution in [0.1, 0.15) is 37.2 Å². The lowest BCUT2D eigenvalue weighted by molar-refractivity contribution is -0.132. The molecule has 2 heterocycles. The third kappa shape index (κ3) is 6.80. The number of sulfonamides is 1. The average molecular weight is 372 g/mol. The predicted molar refractivity (Wildman–Crippen MR) is 96.6 cm³/mol. The van der Waals surface area contributed by atoms with Crippen LogP contribution in [0.15, 0.2) is 16.5 Å². The van der Waals surface area contributed by atoms with Crippen molar-refractivity contribution in [1.82, 2.24) is 14.5 Å². The first-order valence-electron chi connectivity index (χ1n) is 8.72. The Labute approximate surface area is 150 Å². The predicted octanol–water partition coefficient (Wildman–Crippen LogP) is 1.34. The molecule has 1 saturated heterocycles. The van der Waals surface area contributed by atoms with Gasteiger partial charge in [-0.1, -0.05) is 6.42 Å². The summed E-state index contributed by atoms with van der Waals surface area (Å²) < 4.78 is 30.5. The molecule has 2 rings (SSSR count). The minimum atomic E-state index is -3.17. The molecule has 0 spiro atoms. The van der Waals surface area contributed by atoms with Crippen molar-refractivity contribution in [2.45, 2.75) is 45.2 Å². The number of likely N-dealkylation sites (N-methyl/N-ethyl adjacent to an activating group) is 1. The molecule has 0 aromatic carbocycles. The molecule has 1 N–H and O–H groups in total. The van der Waals surface area contributed by atoms with Gasteiger partial charge in [0.2, 0.25) is 15.9 Å². The molecule has 8 heteroatoms. The highest BCUT2D eigenvalue weighted by atomic mass is 32.2. The van der Waals surface area contributed by atoms with E-state index in [9.17, 15) is 13.2 Å². The molecule has 0 radical (unpaired) electrons. The second kappa shape index (κ2) is 8.82. The van der Waals surface area contributed by atoms with Crippen molar-refractivity contribution in [2.24, 2.45) is 0 Å². The van der Waals surface area contributed by atoms with Gasteiger partial charge in [-0.3, -0.25) is 9.69 Å². The van der Waals surface area contributed by atoms with Crippen molar-refractivity contribution < 1.29 is 17.6 Å². The summed E-state index contributed by atoms with van der Waals surface area (Å²) in [7, 11) is -1.38. The van der Waals surface area contributed by atoms with Crippen LogP contribution in [0.3, 0.4) is 0 Å². The summed E-state index contributed by atoms with van der Waals surface area (Å²) in [6, 6.07) is 4.02. The van der Waals surface area contributed by atoms with Gasteiger partial charge < -0.3 is 9.32 Å². The van der Waals surface area contributed by atoms with E-state index in [1.807, 2.05) is 19.1 Å². The highest BCUT2D eigenvalue weighted by Gasteiger charge is 2.25. The number of carbonyl (C=O) groups is 1. The van der Waals surface area contributed by atoms with E-state index >= 15 is 0 Å². The summed E-state index contributed by atoms with van der Waals surface area (Å²) in [6.45, 7) is 3.99. The number of aryl methyl sites for hydroxylation is 1. The summed E-state index contributed by atoms with van der Waals surface area (Å²) in [5, 5.41) is 0. The molecule has 1 aliphatic rings. The van der Waals surface area contributed by atoms with E-state index < -0.39 is 10.0 Å². The third-order valence-electron chi connectivity index (χ3n) is 4.54. The molecule has 1 aromatic rings. The number of nitrogens with zero attached hydrogens (tertiary/aromatic N) is 2. The highest BCUT2D eigenvalue weighted by molar-refractivity contribution is 7.88. The van der Waals surface area contributed by atoms with Gasteiger partial charge in [0.05, 0.1) is 19.3 Å². The first kappa shape index (κ1) is 19.9.